The molecule has 2 aromatic rings. The Hall–Kier alpha value is -2.05. The summed E-state index contributed by atoms with van der Waals surface area (Å²) in [6, 6.07) is 12.1. The minimum absolute atomic E-state index is 0.00306. The van der Waals surface area contributed by atoms with Gasteiger partial charge in [-0.1, -0.05) is 48.0 Å². The minimum Gasteiger partial charge on any atom is -0.387 e. The molecule has 1 amide bonds. The highest BCUT2D eigenvalue weighted by atomic mass is 35.5. The Labute approximate surface area is 153 Å². The molecule has 0 aromatic heterocycles. The predicted molar refractivity (Wildman–Crippen MR) is 91.7 cm³/mol. The van der Waals surface area contributed by atoms with Gasteiger partial charge >= 0.3 is 6.18 Å². The summed E-state index contributed by atoms with van der Waals surface area (Å²) in [7, 11) is 0. The summed E-state index contributed by atoms with van der Waals surface area (Å²) in [5.74, 6) is -0.568. The molecule has 0 saturated heterocycles. The topological polar surface area (TPSA) is 49.3 Å². The van der Waals surface area contributed by atoms with Crippen molar-refractivity contribution in [2.24, 2.45) is 5.92 Å². The van der Waals surface area contributed by atoms with Gasteiger partial charge in [-0.25, -0.2) is 0 Å². The van der Waals surface area contributed by atoms with Crippen molar-refractivity contribution in [3.63, 3.8) is 0 Å². The van der Waals surface area contributed by atoms with Crippen molar-refractivity contribution in [1.82, 2.24) is 5.32 Å². The summed E-state index contributed by atoms with van der Waals surface area (Å²) in [5, 5.41) is 13.2. The molecule has 3 rings (SSSR count). The van der Waals surface area contributed by atoms with E-state index in [1.165, 1.54) is 18.2 Å². The SMILES string of the molecule is O=C(NC[C@H](O)c1ccccc1C(F)(F)F)[C@@H]1C[C@H]1c1ccccc1Cl. The highest BCUT2D eigenvalue weighted by molar-refractivity contribution is 6.31. The number of carbonyl (C=O) groups excluding carboxylic acids is 1. The second-order valence-corrected chi connectivity index (χ2v) is 6.72. The first-order chi connectivity index (χ1) is 12.3. The van der Waals surface area contributed by atoms with Crippen LogP contribution in [0.1, 0.15) is 35.1 Å². The van der Waals surface area contributed by atoms with E-state index in [9.17, 15) is 23.1 Å². The van der Waals surface area contributed by atoms with Gasteiger partial charge in [0.05, 0.1) is 11.7 Å². The Balaban J connectivity index is 1.60. The number of hydrogen-bond donors (Lipinski definition) is 2. The lowest BCUT2D eigenvalue weighted by Crippen LogP contribution is -2.30. The maximum atomic E-state index is 13.0. The fourth-order valence-corrected chi connectivity index (χ4v) is 3.36. The normalized spacial score (nSPS) is 20.5. The smallest absolute Gasteiger partial charge is 0.387 e. The van der Waals surface area contributed by atoms with Crippen molar-refractivity contribution < 1.29 is 23.1 Å². The monoisotopic (exact) mass is 383 g/mol. The molecule has 0 bridgehead atoms. The van der Waals surface area contributed by atoms with Crippen molar-refractivity contribution in [3.8, 4) is 0 Å². The first-order valence-corrected chi connectivity index (χ1v) is 8.53. The molecule has 0 aliphatic heterocycles. The molecule has 1 saturated carbocycles. The van der Waals surface area contributed by atoms with E-state index in [2.05, 4.69) is 5.32 Å². The van der Waals surface area contributed by atoms with E-state index in [0.29, 0.717) is 11.4 Å². The largest absolute Gasteiger partial charge is 0.416 e. The number of alkyl halides is 3. The van der Waals surface area contributed by atoms with E-state index in [1.54, 1.807) is 12.1 Å². The maximum absolute atomic E-state index is 13.0. The van der Waals surface area contributed by atoms with Crippen LogP contribution in [-0.2, 0) is 11.0 Å². The first-order valence-electron chi connectivity index (χ1n) is 8.15. The zero-order chi connectivity index (χ0) is 18.9. The third kappa shape index (κ3) is 4.02. The maximum Gasteiger partial charge on any atom is 0.416 e. The fraction of sp³-hybridized carbons (Fsp3) is 0.316. The summed E-state index contributed by atoms with van der Waals surface area (Å²) in [6.45, 7) is -0.280. The van der Waals surface area contributed by atoms with Crippen LogP contribution in [0, 0.1) is 5.92 Å². The van der Waals surface area contributed by atoms with Crippen LogP contribution in [0.25, 0.3) is 0 Å². The number of amides is 1. The van der Waals surface area contributed by atoms with Crippen LogP contribution in [0.3, 0.4) is 0 Å². The van der Waals surface area contributed by atoms with E-state index in [1.807, 2.05) is 12.1 Å². The number of aliphatic hydroxyl groups is 1. The average molecular weight is 384 g/mol. The average Bonchev–Trinajstić information content (AvgIpc) is 3.39. The molecule has 3 atom stereocenters. The van der Waals surface area contributed by atoms with E-state index in [4.69, 9.17) is 11.6 Å². The van der Waals surface area contributed by atoms with E-state index >= 15 is 0 Å². The molecule has 0 radical (unpaired) electrons. The Kier molecular flexibility index (Phi) is 5.25. The van der Waals surface area contributed by atoms with Crippen LogP contribution < -0.4 is 5.32 Å². The highest BCUT2D eigenvalue weighted by Crippen LogP contribution is 2.49. The molecule has 0 spiro atoms. The summed E-state index contributed by atoms with van der Waals surface area (Å²) in [6.07, 6.45) is -5.37. The molecule has 1 fully saturated rings. The van der Waals surface area contributed by atoms with Crippen molar-refractivity contribution >= 4 is 17.5 Å². The molecule has 2 N–H and O–H groups in total. The third-order valence-corrected chi connectivity index (χ3v) is 4.87. The lowest BCUT2D eigenvalue weighted by Gasteiger charge is -2.18. The molecule has 1 aliphatic carbocycles. The highest BCUT2D eigenvalue weighted by Gasteiger charge is 2.44. The van der Waals surface area contributed by atoms with Crippen LogP contribution in [0.4, 0.5) is 13.2 Å². The van der Waals surface area contributed by atoms with Crippen LogP contribution >= 0.6 is 11.6 Å². The summed E-state index contributed by atoms with van der Waals surface area (Å²) in [5.41, 5.74) is -0.266. The van der Waals surface area contributed by atoms with Crippen molar-refractivity contribution in [2.75, 3.05) is 6.54 Å². The Morgan fingerprint density at radius 3 is 2.54 bits per heavy atom. The van der Waals surface area contributed by atoms with Crippen molar-refractivity contribution in [3.05, 3.63) is 70.2 Å². The number of halogens is 4. The van der Waals surface area contributed by atoms with Gasteiger partial charge in [0.25, 0.3) is 0 Å². The standard InChI is InChI=1S/C19H17ClF3NO2/c20-16-8-4-2-5-11(16)13-9-14(13)18(26)24-10-17(25)12-6-1-3-7-15(12)19(21,22)23/h1-8,13-14,17,25H,9-10H2,(H,24,26)/t13-,14+,17-/m0/s1. The number of aliphatic hydroxyl groups excluding tert-OH is 1. The predicted octanol–water partition coefficient (Wildman–Crippen LogP) is 4.31. The van der Waals surface area contributed by atoms with Crippen LogP contribution in [0.2, 0.25) is 5.02 Å². The van der Waals surface area contributed by atoms with E-state index in [-0.39, 0.29) is 29.9 Å². The van der Waals surface area contributed by atoms with Crippen LogP contribution in [-0.4, -0.2) is 17.6 Å². The molecule has 2 aromatic carbocycles. The number of carbonyl (C=O) groups is 1. The lowest BCUT2D eigenvalue weighted by molar-refractivity contribution is -0.139. The number of nitrogens with one attached hydrogen (secondary N) is 1. The number of rotatable bonds is 5. The summed E-state index contributed by atoms with van der Waals surface area (Å²) >= 11 is 6.12. The Morgan fingerprint density at radius 1 is 1.19 bits per heavy atom. The van der Waals surface area contributed by atoms with Crippen LogP contribution in [0.5, 0.6) is 0 Å². The first kappa shape index (κ1) is 18.7. The zero-order valence-electron chi connectivity index (χ0n) is 13.6. The van der Waals surface area contributed by atoms with Gasteiger partial charge in [-0.05, 0) is 35.6 Å². The molecule has 0 heterocycles. The van der Waals surface area contributed by atoms with Gasteiger partial charge in [0.15, 0.2) is 0 Å². The second-order valence-electron chi connectivity index (χ2n) is 6.32. The summed E-state index contributed by atoms with van der Waals surface area (Å²) in [4.78, 5) is 12.2. The van der Waals surface area contributed by atoms with E-state index < -0.39 is 17.8 Å². The lowest BCUT2D eigenvalue weighted by atomic mass is 10.0. The number of benzene rings is 2. The Bertz CT molecular complexity index is 809. The van der Waals surface area contributed by atoms with Crippen LogP contribution in [0.15, 0.2) is 48.5 Å². The molecule has 1 aliphatic rings. The molecule has 3 nitrogen and oxygen atoms in total. The van der Waals surface area contributed by atoms with E-state index in [0.717, 1.165) is 11.6 Å². The van der Waals surface area contributed by atoms with Gasteiger partial charge < -0.3 is 10.4 Å². The van der Waals surface area contributed by atoms with Gasteiger partial charge in [-0.3, -0.25) is 4.79 Å². The molecular weight excluding hydrogens is 367 g/mol. The van der Waals surface area contributed by atoms with Crippen molar-refractivity contribution in [1.29, 1.82) is 0 Å². The minimum atomic E-state index is -4.56. The quantitative estimate of drug-likeness (QED) is 0.808. The third-order valence-electron chi connectivity index (χ3n) is 4.53. The molecule has 7 heteroatoms. The van der Waals surface area contributed by atoms with Gasteiger partial charge in [0.2, 0.25) is 5.91 Å². The van der Waals surface area contributed by atoms with Gasteiger partial charge in [-0.15, -0.1) is 0 Å². The molecule has 138 valence electrons. The summed E-state index contributed by atoms with van der Waals surface area (Å²) < 4.78 is 39.0. The number of hydrogen-bond acceptors (Lipinski definition) is 2. The Morgan fingerprint density at radius 2 is 1.85 bits per heavy atom. The molecular formula is C19H17ClF3NO2. The zero-order valence-corrected chi connectivity index (χ0v) is 14.4. The second kappa shape index (κ2) is 7.29. The molecule has 26 heavy (non-hydrogen) atoms. The fourth-order valence-electron chi connectivity index (χ4n) is 3.09. The molecule has 0 unspecified atom stereocenters. The van der Waals surface area contributed by atoms with Gasteiger partial charge in [0, 0.05) is 17.5 Å². The van der Waals surface area contributed by atoms with Gasteiger partial charge in [-0.2, -0.15) is 13.2 Å². The van der Waals surface area contributed by atoms with Gasteiger partial charge in [0.1, 0.15) is 0 Å². The van der Waals surface area contributed by atoms with Crippen molar-refractivity contribution in [2.45, 2.75) is 24.6 Å².